The summed E-state index contributed by atoms with van der Waals surface area (Å²) in [7, 11) is -8.48. The van der Waals surface area contributed by atoms with E-state index in [1.54, 1.807) is 20.8 Å². The number of phenolic OH excluding ortho intramolecular Hbond substituents is 1. The van der Waals surface area contributed by atoms with Gasteiger partial charge in [0.05, 0.1) is 27.3 Å². The molecule has 3 aromatic rings. The third-order valence-electron chi connectivity index (χ3n) is 4.53. The average Bonchev–Trinajstić information content (AvgIpc) is 2.70. The van der Waals surface area contributed by atoms with Crippen molar-refractivity contribution in [2.75, 3.05) is 5.32 Å². The molecule has 0 unspecified atom stereocenters. The summed E-state index contributed by atoms with van der Waals surface area (Å²) < 4.78 is 61.2. The number of azo groups is 1. The summed E-state index contributed by atoms with van der Waals surface area (Å²) in [5, 5.41) is 20.8. The molecule has 3 aromatic carbocycles. The quantitative estimate of drug-likeness (QED) is 0.277. The molecule has 0 aliphatic carbocycles. The monoisotopic (exact) mass is 520 g/mol. The molecular weight excluding hydrogens is 496 g/mol. The van der Waals surface area contributed by atoms with Crippen LogP contribution in [0.25, 0.3) is 10.8 Å². The minimum Gasteiger partial charge on any atom is -0.507 e. The third-order valence-corrected chi connectivity index (χ3v) is 7.20. The summed E-state index contributed by atoms with van der Waals surface area (Å²) >= 11 is 0. The molecule has 0 fully saturated rings. The van der Waals surface area contributed by atoms with Crippen molar-refractivity contribution in [1.82, 2.24) is 4.72 Å². The lowest BCUT2D eigenvalue weighted by molar-refractivity contribution is -0.114. The number of carbonyl (C=O) groups is 1. The fourth-order valence-electron chi connectivity index (χ4n) is 3.29. The molecular formula is C22H24N4O7S2. The second-order valence-electron chi connectivity index (χ2n) is 8.67. The van der Waals surface area contributed by atoms with Gasteiger partial charge in [-0.3, -0.25) is 9.35 Å². The van der Waals surface area contributed by atoms with E-state index in [0.29, 0.717) is 0 Å². The number of amides is 1. The summed E-state index contributed by atoms with van der Waals surface area (Å²) in [4.78, 5) is 11.1. The van der Waals surface area contributed by atoms with Crippen molar-refractivity contribution in [3.05, 3.63) is 48.5 Å². The molecule has 4 N–H and O–H groups in total. The first-order chi connectivity index (χ1) is 16.1. The Balaban J connectivity index is 2.10. The van der Waals surface area contributed by atoms with Gasteiger partial charge in [-0.15, -0.1) is 5.11 Å². The Morgan fingerprint density at radius 2 is 1.51 bits per heavy atom. The van der Waals surface area contributed by atoms with Crippen molar-refractivity contribution in [2.24, 2.45) is 10.2 Å². The van der Waals surface area contributed by atoms with Crippen LogP contribution < -0.4 is 10.0 Å². The van der Waals surface area contributed by atoms with Gasteiger partial charge in [0.15, 0.2) is 0 Å². The molecule has 0 heterocycles. The number of fused-ring (bicyclic) bond motifs is 1. The molecule has 0 aliphatic rings. The van der Waals surface area contributed by atoms with E-state index in [9.17, 15) is 31.3 Å². The zero-order chi connectivity index (χ0) is 26.2. The van der Waals surface area contributed by atoms with E-state index >= 15 is 0 Å². The Kier molecular flexibility index (Phi) is 7.00. The maximum absolute atomic E-state index is 12.5. The maximum Gasteiger partial charge on any atom is 0.295 e. The Hall–Kier alpha value is -3.39. The predicted molar refractivity (Wildman–Crippen MR) is 130 cm³/mol. The van der Waals surface area contributed by atoms with Crippen LogP contribution in [0.3, 0.4) is 0 Å². The Morgan fingerprint density at radius 3 is 2.06 bits per heavy atom. The summed E-state index contributed by atoms with van der Waals surface area (Å²) in [6.07, 6.45) is 0. The van der Waals surface area contributed by atoms with Crippen molar-refractivity contribution in [1.29, 1.82) is 0 Å². The van der Waals surface area contributed by atoms with Crippen molar-refractivity contribution in [3.8, 4) is 5.75 Å². The van der Waals surface area contributed by atoms with Crippen LogP contribution in [0.4, 0.5) is 17.1 Å². The summed E-state index contributed by atoms with van der Waals surface area (Å²) in [6.45, 7) is 6.39. The lowest BCUT2D eigenvalue weighted by Gasteiger charge is -2.20. The van der Waals surface area contributed by atoms with Crippen LogP contribution in [0, 0.1) is 0 Å². The zero-order valence-electron chi connectivity index (χ0n) is 19.3. The van der Waals surface area contributed by atoms with Crippen molar-refractivity contribution in [2.45, 2.75) is 43.0 Å². The first-order valence-corrected chi connectivity index (χ1v) is 13.1. The van der Waals surface area contributed by atoms with Crippen LogP contribution in [-0.4, -0.2) is 37.9 Å². The van der Waals surface area contributed by atoms with E-state index in [0.717, 1.165) is 6.07 Å². The van der Waals surface area contributed by atoms with Gasteiger partial charge in [0.2, 0.25) is 15.9 Å². The number of anilines is 1. The highest BCUT2D eigenvalue weighted by atomic mass is 32.2. The molecule has 0 saturated carbocycles. The van der Waals surface area contributed by atoms with Gasteiger partial charge in [-0.2, -0.15) is 13.5 Å². The SMILES string of the molecule is CC(=O)Nc1ccc(S(=O)(=O)O)c2c(N=Nc3ccc(S(=O)(=O)NC(C)(C)C)cc3)ccc(O)c12. The molecule has 13 heteroatoms. The van der Waals surface area contributed by atoms with Crippen LogP contribution in [0.15, 0.2) is 68.6 Å². The molecule has 35 heavy (non-hydrogen) atoms. The Labute approximate surface area is 202 Å². The Morgan fingerprint density at radius 1 is 0.886 bits per heavy atom. The first-order valence-electron chi connectivity index (χ1n) is 10.2. The molecule has 186 valence electrons. The van der Waals surface area contributed by atoms with Crippen LogP contribution >= 0.6 is 0 Å². The maximum atomic E-state index is 12.5. The van der Waals surface area contributed by atoms with Gasteiger partial charge in [0.1, 0.15) is 10.6 Å². The van der Waals surface area contributed by atoms with Crippen molar-refractivity contribution in [3.63, 3.8) is 0 Å². The average molecular weight is 521 g/mol. The highest BCUT2D eigenvalue weighted by molar-refractivity contribution is 7.89. The summed E-state index contributed by atoms with van der Waals surface area (Å²) in [5.41, 5.74) is -0.329. The third kappa shape index (κ3) is 6.19. The van der Waals surface area contributed by atoms with Crippen LogP contribution in [0.5, 0.6) is 5.75 Å². The second kappa shape index (κ2) is 9.34. The standard InChI is InChI=1S/C22H24N4O7S2/c1-13(27)23-16-10-12-19(35(31,32)33)21-17(9-11-18(28)20(16)21)25-24-14-5-7-15(8-6-14)34(29,30)26-22(2,3)4/h5-12,26,28H,1-4H3,(H,23,27)(H,31,32,33). The van der Waals surface area contributed by atoms with Gasteiger partial charge in [0.25, 0.3) is 10.1 Å². The van der Waals surface area contributed by atoms with Crippen LogP contribution in [0.2, 0.25) is 0 Å². The van der Waals surface area contributed by atoms with E-state index in [1.165, 1.54) is 49.4 Å². The molecule has 0 aromatic heterocycles. The number of carbonyl (C=O) groups excluding carboxylic acids is 1. The Bertz CT molecular complexity index is 1540. The molecule has 0 radical (unpaired) electrons. The fraction of sp³-hybridized carbons (Fsp3) is 0.227. The number of aromatic hydroxyl groups is 1. The number of rotatable bonds is 6. The number of hydrogen-bond donors (Lipinski definition) is 4. The largest absolute Gasteiger partial charge is 0.507 e. The van der Waals surface area contributed by atoms with E-state index in [-0.39, 0.29) is 38.5 Å². The number of phenols is 1. The van der Waals surface area contributed by atoms with Gasteiger partial charge < -0.3 is 10.4 Å². The molecule has 0 spiro atoms. The minimum atomic E-state index is -4.73. The van der Waals surface area contributed by atoms with Crippen LogP contribution in [0.1, 0.15) is 27.7 Å². The summed E-state index contributed by atoms with van der Waals surface area (Å²) in [6, 6.07) is 10.3. The van der Waals surface area contributed by atoms with Crippen LogP contribution in [-0.2, 0) is 24.9 Å². The van der Waals surface area contributed by atoms with Crippen molar-refractivity contribution < 1.29 is 31.3 Å². The number of hydrogen-bond acceptors (Lipinski definition) is 8. The minimum absolute atomic E-state index is 0.0232. The molecule has 0 aliphatic heterocycles. The number of nitrogens with zero attached hydrogens (tertiary/aromatic N) is 2. The molecule has 0 bridgehead atoms. The second-order valence-corrected chi connectivity index (χ2v) is 11.7. The molecule has 0 atom stereocenters. The van der Waals surface area contributed by atoms with E-state index in [1.807, 2.05) is 0 Å². The fourth-order valence-corrected chi connectivity index (χ4v) is 5.41. The topological polar surface area (TPSA) is 175 Å². The lowest BCUT2D eigenvalue weighted by Crippen LogP contribution is -2.40. The predicted octanol–water partition coefficient (Wildman–Crippen LogP) is 4.24. The lowest BCUT2D eigenvalue weighted by atomic mass is 10.1. The van der Waals surface area contributed by atoms with E-state index in [2.05, 4.69) is 20.3 Å². The highest BCUT2D eigenvalue weighted by Crippen LogP contribution is 2.42. The zero-order valence-corrected chi connectivity index (χ0v) is 20.9. The normalized spacial score (nSPS) is 12.8. The molecule has 3 rings (SSSR count). The van der Waals surface area contributed by atoms with Gasteiger partial charge in [-0.05, 0) is 69.3 Å². The van der Waals surface area contributed by atoms with Gasteiger partial charge in [0, 0.05) is 17.8 Å². The molecule has 0 saturated heterocycles. The highest BCUT2D eigenvalue weighted by Gasteiger charge is 2.23. The molecule has 11 nitrogen and oxygen atoms in total. The van der Waals surface area contributed by atoms with Gasteiger partial charge >= 0.3 is 0 Å². The first kappa shape index (κ1) is 26.2. The van der Waals surface area contributed by atoms with E-state index < -0.39 is 36.5 Å². The smallest absolute Gasteiger partial charge is 0.295 e. The van der Waals surface area contributed by atoms with Crippen molar-refractivity contribution >= 4 is 53.9 Å². The number of nitrogens with one attached hydrogen (secondary N) is 2. The van der Waals surface area contributed by atoms with Gasteiger partial charge in [-0.25, -0.2) is 13.1 Å². The number of benzene rings is 3. The number of sulfonamides is 1. The van der Waals surface area contributed by atoms with Gasteiger partial charge in [-0.1, -0.05) is 0 Å². The summed E-state index contributed by atoms with van der Waals surface area (Å²) in [5.74, 6) is -0.817. The van der Waals surface area contributed by atoms with E-state index in [4.69, 9.17) is 0 Å². The molecule has 1 amide bonds.